The van der Waals surface area contributed by atoms with Crippen LogP contribution < -0.4 is 0 Å². The highest BCUT2D eigenvalue weighted by atomic mass is 19.1. The lowest BCUT2D eigenvalue weighted by atomic mass is 10.1. The van der Waals surface area contributed by atoms with Crippen LogP contribution in [-0.4, -0.2) is 11.2 Å². The molecule has 1 aromatic carbocycles. The van der Waals surface area contributed by atoms with Gasteiger partial charge in [0.2, 0.25) is 0 Å². The molecule has 0 bridgehead atoms. The average molecular weight is 180 g/mol. The molecular formula is C11H13FO. The number of benzene rings is 1. The first-order valence-electron chi connectivity index (χ1n) is 4.62. The molecule has 1 N–H and O–H groups in total. The first-order chi connectivity index (χ1) is 6.18. The van der Waals surface area contributed by atoms with Crippen LogP contribution in [0, 0.1) is 11.7 Å². The molecule has 70 valence electrons. The number of aliphatic hydroxyl groups excluding tert-OH is 1. The summed E-state index contributed by atoms with van der Waals surface area (Å²) in [5.41, 5.74) is 1.02. The minimum absolute atomic E-state index is 0.186. The Morgan fingerprint density at radius 3 is 2.85 bits per heavy atom. The molecule has 13 heavy (non-hydrogen) atoms. The summed E-state index contributed by atoms with van der Waals surface area (Å²) in [4.78, 5) is 0. The van der Waals surface area contributed by atoms with Gasteiger partial charge in [0, 0.05) is 0 Å². The summed E-state index contributed by atoms with van der Waals surface area (Å²) in [6.45, 7) is 1.80. The Morgan fingerprint density at radius 1 is 1.54 bits per heavy atom. The Labute approximate surface area is 77.2 Å². The molecule has 1 fully saturated rings. The molecular weight excluding hydrogens is 167 g/mol. The maximum absolute atomic E-state index is 12.8. The normalized spacial score (nSPS) is 28.5. The minimum Gasteiger partial charge on any atom is -0.393 e. The van der Waals surface area contributed by atoms with Crippen LogP contribution in [0.2, 0.25) is 0 Å². The van der Waals surface area contributed by atoms with Crippen LogP contribution in [0.3, 0.4) is 0 Å². The number of aliphatic hydroxyl groups is 1. The van der Waals surface area contributed by atoms with E-state index in [4.69, 9.17) is 0 Å². The SMILES string of the molecule is C[C@H](O)[C@@H]1C[C@@H]1c1cccc(F)c1. The highest BCUT2D eigenvalue weighted by Crippen LogP contribution is 2.49. The van der Waals surface area contributed by atoms with Crippen molar-refractivity contribution in [2.24, 2.45) is 5.92 Å². The molecule has 1 aliphatic rings. The van der Waals surface area contributed by atoms with Crippen molar-refractivity contribution >= 4 is 0 Å². The van der Waals surface area contributed by atoms with Gasteiger partial charge in [-0.3, -0.25) is 0 Å². The zero-order valence-corrected chi connectivity index (χ0v) is 7.57. The van der Waals surface area contributed by atoms with Gasteiger partial charge in [-0.25, -0.2) is 4.39 Å². The predicted octanol–water partition coefficient (Wildman–Crippen LogP) is 2.31. The van der Waals surface area contributed by atoms with E-state index in [2.05, 4.69) is 0 Å². The van der Waals surface area contributed by atoms with E-state index in [1.54, 1.807) is 19.1 Å². The fraction of sp³-hybridized carbons (Fsp3) is 0.455. The molecule has 0 heterocycles. The van der Waals surface area contributed by atoms with E-state index in [-0.39, 0.29) is 11.9 Å². The molecule has 1 aromatic rings. The Hall–Kier alpha value is -0.890. The molecule has 0 unspecified atom stereocenters. The van der Waals surface area contributed by atoms with Crippen LogP contribution in [0.1, 0.15) is 24.8 Å². The Kier molecular flexibility index (Phi) is 2.08. The lowest BCUT2D eigenvalue weighted by Crippen LogP contribution is -2.03. The van der Waals surface area contributed by atoms with Crippen molar-refractivity contribution < 1.29 is 9.50 Å². The number of halogens is 1. The summed E-state index contributed by atoms with van der Waals surface area (Å²) >= 11 is 0. The summed E-state index contributed by atoms with van der Waals surface area (Å²) in [6, 6.07) is 6.66. The molecule has 2 rings (SSSR count). The van der Waals surface area contributed by atoms with E-state index in [1.165, 1.54) is 6.07 Å². The highest BCUT2D eigenvalue weighted by Gasteiger charge is 2.41. The Bertz CT molecular complexity index is 309. The Morgan fingerprint density at radius 2 is 2.31 bits per heavy atom. The van der Waals surface area contributed by atoms with Gasteiger partial charge in [0.05, 0.1) is 6.10 Å². The second-order valence-electron chi connectivity index (χ2n) is 3.80. The van der Waals surface area contributed by atoms with Crippen molar-refractivity contribution in [3.8, 4) is 0 Å². The molecule has 3 atom stereocenters. The van der Waals surface area contributed by atoms with Crippen molar-refractivity contribution in [3.05, 3.63) is 35.6 Å². The Balaban J connectivity index is 2.12. The van der Waals surface area contributed by atoms with Crippen molar-refractivity contribution in [1.82, 2.24) is 0 Å². The third-order valence-corrected chi connectivity index (χ3v) is 2.74. The number of rotatable bonds is 2. The van der Waals surface area contributed by atoms with Gasteiger partial charge in [-0.05, 0) is 42.9 Å². The summed E-state index contributed by atoms with van der Waals surface area (Å²) < 4.78 is 12.8. The molecule has 0 amide bonds. The van der Waals surface area contributed by atoms with Crippen molar-refractivity contribution in [2.75, 3.05) is 0 Å². The zero-order valence-electron chi connectivity index (χ0n) is 7.57. The summed E-state index contributed by atoms with van der Waals surface area (Å²) in [5, 5.41) is 9.30. The molecule has 1 aliphatic carbocycles. The van der Waals surface area contributed by atoms with E-state index in [1.807, 2.05) is 6.07 Å². The third kappa shape index (κ3) is 1.73. The topological polar surface area (TPSA) is 20.2 Å². The van der Waals surface area contributed by atoms with Gasteiger partial charge in [-0.1, -0.05) is 12.1 Å². The van der Waals surface area contributed by atoms with Crippen LogP contribution in [0.15, 0.2) is 24.3 Å². The van der Waals surface area contributed by atoms with E-state index in [9.17, 15) is 9.50 Å². The van der Waals surface area contributed by atoms with Crippen molar-refractivity contribution in [3.63, 3.8) is 0 Å². The molecule has 1 saturated carbocycles. The molecule has 0 spiro atoms. The van der Waals surface area contributed by atoms with Crippen molar-refractivity contribution in [1.29, 1.82) is 0 Å². The van der Waals surface area contributed by atoms with Gasteiger partial charge in [-0.2, -0.15) is 0 Å². The van der Waals surface area contributed by atoms with Gasteiger partial charge < -0.3 is 5.11 Å². The quantitative estimate of drug-likeness (QED) is 0.740. The standard InChI is InChI=1S/C11H13FO/c1-7(13)10-6-11(10)8-3-2-4-9(12)5-8/h2-5,7,10-11,13H,6H2,1H3/t7-,10-,11+/m0/s1. The van der Waals surface area contributed by atoms with E-state index in [0.717, 1.165) is 12.0 Å². The van der Waals surface area contributed by atoms with Gasteiger partial charge in [0.1, 0.15) is 5.82 Å². The molecule has 2 heteroatoms. The second-order valence-corrected chi connectivity index (χ2v) is 3.80. The first-order valence-corrected chi connectivity index (χ1v) is 4.62. The molecule has 0 aromatic heterocycles. The minimum atomic E-state index is -0.270. The maximum atomic E-state index is 12.8. The van der Waals surface area contributed by atoms with Gasteiger partial charge in [0.25, 0.3) is 0 Å². The van der Waals surface area contributed by atoms with Gasteiger partial charge >= 0.3 is 0 Å². The summed E-state index contributed by atoms with van der Waals surface area (Å²) in [5.74, 6) is 0.520. The van der Waals surface area contributed by atoms with Crippen LogP contribution >= 0.6 is 0 Å². The predicted molar refractivity (Wildman–Crippen MR) is 48.9 cm³/mol. The second kappa shape index (κ2) is 3.11. The number of hydrogen-bond acceptors (Lipinski definition) is 1. The molecule has 0 saturated heterocycles. The summed E-state index contributed by atoms with van der Waals surface area (Å²) in [7, 11) is 0. The average Bonchev–Trinajstić information content (AvgIpc) is 2.82. The van der Waals surface area contributed by atoms with Crippen LogP contribution in [0.5, 0.6) is 0 Å². The van der Waals surface area contributed by atoms with Crippen LogP contribution in [0.4, 0.5) is 4.39 Å². The molecule has 0 radical (unpaired) electrons. The summed E-state index contributed by atoms with van der Waals surface area (Å²) in [6.07, 6.45) is 0.717. The third-order valence-electron chi connectivity index (χ3n) is 2.74. The monoisotopic (exact) mass is 180 g/mol. The largest absolute Gasteiger partial charge is 0.393 e. The van der Waals surface area contributed by atoms with Crippen molar-refractivity contribution in [2.45, 2.75) is 25.4 Å². The molecule has 1 nitrogen and oxygen atoms in total. The van der Waals surface area contributed by atoms with E-state index >= 15 is 0 Å². The van der Waals surface area contributed by atoms with Crippen LogP contribution in [-0.2, 0) is 0 Å². The van der Waals surface area contributed by atoms with Gasteiger partial charge in [-0.15, -0.1) is 0 Å². The van der Waals surface area contributed by atoms with Crippen LogP contribution in [0.25, 0.3) is 0 Å². The first kappa shape index (κ1) is 8.70. The van der Waals surface area contributed by atoms with Gasteiger partial charge in [0.15, 0.2) is 0 Å². The van der Waals surface area contributed by atoms with E-state index < -0.39 is 0 Å². The lowest BCUT2D eigenvalue weighted by Gasteiger charge is -2.02. The number of hydrogen-bond donors (Lipinski definition) is 1. The smallest absolute Gasteiger partial charge is 0.123 e. The lowest BCUT2D eigenvalue weighted by molar-refractivity contribution is 0.169. The zero-order chi connectivity index (χ0) is 9.42. The fourth-order valence-corrected chi connectivity index (χ4v) is 1.87. The molecule has 0 aliphatic heterocycles. The van der Waals surface area contributed by atoms with E-state index in [0.29, 0.717) is 11.8 Å². The maximum Gasteiger partial charge on any atom is 0.123 e. The highest BCUT2D eigenvalue weighted by molar-refractivity contribution is 5.26. The fourth-order valence-electron chi connectivity index (χ4n) is 1.87.